The van der Waals surface area contributed by atoms with Crippen LogP contribution in [-0.4, -0.2) is 36.0 Å². The number of nitrogens with zero attached hydrogens (tertiary/aromatic N) is 1. The summed E-state index contributed by atoms with van der Waals surface area (Å²) in [6, 6.07) is 1.25. The molecule has 0 bridgehead atoms. The van der Waals surface area contributed by atoms with Gasteiger partial charge >= 0.3 is 15.2 Å². The van der Waals surface area contributed by atoms with Crippen molar-refractivity contribution in [1.82, 2.24) is 9.55 Å². The molecule has 0 saturated heterocycles. The lowest BCUT2D eigenvalue weighted by molar-refractivity contribution is 0.214. The number of hydrogen-bond donors (Lipinski definition) is 1. The molecule has 0 fully saturated rings. The zero-order valence-corrected chi connectivity index (χ0v) is 19.4. The molecule has 0 radical (unpaired) electrons. The van der Waals surface area contributed by atoms with Crippen LogP contribution in [0.3, 0.4) is 0 Å². The van der Waals surface area contributed by atoms with Crippen molar-refractivity contribution >= 4 is 33.1 Å². The number of aromatic nitrogens is 2. The maximum absolute atomic E-state index is 13.7. The lowest BCUT2D eigenvalue weighted by Gasteiger charge is -2.28. The van der Waals surface area contributed by atoms with E-state index in [0.29, 0.717) is 0 Å². The molecule has 1 aromatic rings. The van der Waals surface area contributed by atoms with E-state index in [2.05, 4.69) is 4.98 Å². The zero-order valence-electron chi connectivity index (χ0n) is 16.8. The third-order valence-corrected chi connectivity index (χ3v) is 9.15. The third kappa shape index (κ3) is 5.60. The van der Waals surface area contributed by atoms with E-state index in [0.717, 1.165) is 4.57 Å². The summed E-state index contributed by atoms with van der Waals surface area (Å²) in [7, 11) is -8.28. The fourth-order valence-corrected chi connectivity index (χ4v) is 7.87. The van der Waals surface area contributed by atoms with Crippen molar-refractivity contribution < 1.29 is 27.2 Å². The SMILES string of the molecule is CCOP(=O)(OCC)C(=C(CC)n1c(=O)cc[nH]c1=S)P(=O)(OCC)OCC. The van der Waals surface area contributed by atoms with Gasteiger partial charge in [-0.05, 0) is 46.3 Å². The van der Waals surface area contributed by atoms with Crippen molar-refractivity contribution in [1.29, 1.82) is 0 Å². The van der Waals surface area contributed by atoms with E-state index in [4.69, 9.17) is 30.3 Å². The zero-order chi connectivity index (χ0) is 21.4. The van der Waals surface area contributed by atoms with Gasteiger partial charge in [0, 0.05) is 12.3 Å². The number of H-pyrrole nitrogens is 1. The Morgan fingerprint density at radius 1 is 0.964 bits per heavy atom. The average molecular weight is 454 g/mol. The van der Waals surface area contributed by atoms with Crippen molar-refractivity contribution in [2.75, 3.05) is 26.4 Å². The molecule has 12 heteroatoms. The molecular weight excluding hydrogens is 426 g/mol. The Balaban J connectivity index is 4.10. The molecule has 0 spiro atoms. The molecule has 1 rings (SSSR count). The molecule has 0 saturated carbocycles. The van der Waals surface area contributed by atoms with Gasteiger partial charge in [0.05, 0.1) is 32.1 Å². The van der Waals surface area contributed by atoms with Gasteiger partial charge in [-0.1, -0.05) is 6.92 Å². The summed E-state index contributed by atoms with van der Waals surface area (Å²) in [5, 5.41) is -0.303. The molecule has 28 heavy (non-hydrogen) atoms. The summed E-state index contributed by atoms with van der Waals surface area (Å²) < 4.78 is 50.3. The molecule has 0 aliphatic heterocycles. The molecule has 1 N–H and O–H groups in total. The topological polar surface area (TPSA) is 109 Å². The van der Waals surface area contributed by atoms with E-state index < -0.39 is 20.8 Å². The summed E-state index contributed by atoms with van der Waals surface area (Å²) in [6.45, 7) is 8.29. The Labute approximate surface area is 170 Å². The van der Waals surface area contributed by atoms with E-state index in [9.17, 15) is 13.9 Å². The minimum atomic E-state index is -4.14. The van der Waals surface area contributed by atoms with Gasteiger partial charge in [-0.3, -0.25) is 18.5 Å². The van der Waals surface area contributed by atoms with Crippen LogP contribution in [0.1, 0.15) is 41.0 Å². The lowest BCUT2D eigenvalue weighted by Crippen LogP contribution is -2.21. The molecule has 0 aromatic carbocycles. The van der Waals surface area contributed by atoms with Crippen LogP contribution in [0.2, 0.25) is 0 Å². The van der Waals surface area contributed by atoms with Crippen LogP contribution in [0.15, 0.2) is 22.1 Å². The van der Waals surface area contributed by atoms with Crippen molar-refractivity contribution in [3.8, 4) is 0 Å². The number of hydrogen-bond acceptors (Lipinski definition) is 8. The second kappa shape index (κ2) is 11.4. The Kier molecular flexibility index (Phi) is 10.2. The first-order valence-corrected chi connectivity index (χ1v) is 12.6. The summed E-state index contributed by atoms with van der Waals surface area (Å²) in [4.78, 5) is 15.3. The van der Waals surface area contributed by atoms with Crippen molar-refractivity contribution in [2.24, 2.45) is 0 Å². The lowest BCUT2D eigenvalue weighted by atomic mass is 10.3. The number of allylic oxidation sites excluding steroid dienone is 1. The van der Waals surface area contributed by atoms with Gasteiger partial charge in [-0.25, -0.2) is 0 Å². The first-order chi connectivity index (χ1) is 13.2. The minimum absolute atomic E-state index is 0.0204. The van der Waals surface area contributed by atoms with E-state index in [-0.39, 0.29) is 48.4 Å². The summed E-state index contributed by atoms with van der Waals surface area (Å²) >= 11 is 5.24. The van der Waals surface area contributed by atoms with Crippen molar-refractivity contribution in [3.05, 3.63) is 32.4 Å². The highest BCUT2D eigenvalue weighted by Gasteiger charge is 2.48. The molecule has 0 amide bonds. The molecule has 160 valence electrons. The van der Waals surface area contributed by atoms with Gasteiger partial charge in [-0.15, -0.1) is 0 Å². The molecule has 0 unspecified atom stereocenters. The standard InChI is InChI=1S/C16H28N2O7P2S/c1-6-13(18-14(19)11-12-17-16(18)28)15(26(20,22-7-2)23-8-3)27(21,24-9-4)25-10-5/h11-12H,6-10H2,1-5H3,(H,17,28). The molecule has 0 atom stereocenters. The second-order valence-electron chi connectivity index (χ2n) is 5.25. The molecule has 0 aliphatic carbocycles. The smallest absolute Gasteiger partial charge is 0.338 e. The second-order valence-corrected chi connectivity index (χ2v) is 9.90. The monoisotopic (exact) mass is 454 g/mol. The van der Waals surface area contributed by atoms with Crippen LogP contribution in [0, 0.1) is 4.77 Å². The molecule has 9 nitrogen and oxygen atoms in total. The highest BCUT2D eigenvalue weighted by Crippen LogP contribution is 2.75. The fraction of sp³-hybridized carbons (Fsp3) is 0.625. The molecule has 1 heterocycles. The number of nitrogens with one attached hydrogen (secondary N) is 1. The largest absolute Gasteiger partial charge is 0.371 e. The van der Waals surface area contributed by atoms with Gasteiger partial charge in [0.1, 0.15) is 0 Å². The highest BCUT2D eigenvalue weighted by molar-refractivity contribution is 7.79. The Hall–Kier alpha value is -0.860. The third-order valence-electron chi connectivity index (χ3n) is 3.43. The fourth-order valence-electron chi connectivity index (χ4n) is 2.56. The van der Waals surface area contributed by atoms with E-state index in [1.54, 1.807) is 34.6 Å². The van der Waals surface area contributed by atoms with Crippen LogP contribution in [0.25, 0.3) is 5.70 Å². The van der Waals surface area contributed by atoms with E-state index in [1.165, 1.54) is 12.3 Å². The molecule has 1 aromatic heterocycles. The van der Waals surface area contributed by atoms with Gasteiger partial charge < -0.3 is 23.1 Å². The molecule has 0 aliphatic rings. The predicted molar refractivity (Wildman–Crippen MR) is 111 cm³/mol. The summed E-state index contributed by atoms with van der Waals surface area (Å²) in [5.41, 5.74) is -0.389. The van der Waals surface area contributed by atoms with Crippen molar-refractivity contribution in [2.45, 2.75) is 41.0 Å². The van der Waals surface area contributed by atoms with Gasteiger partial charge in [0.25, 0.3) is 5.56 Å². The van der Waals surface area contributed by atoms with Crippen LogP contribution < -0.4 is 5.56 Å². The Morgan fingerprint density at radius 3 is 1.71 bits per heavy atom. The quantitative estimate of drug-likeness (QED) is 0.348. The van der Waals surface area contributed by atoms with E-state index in [1.807, 2.05) is 0 Å². The Morgan fingerprint density at radius 2 is 1.39 bits per heavy atom. The number of aromatic amines is 1. The summed E-state index contributed by atoms with van der Waals surface area (Å²) in [6.07, 6.45) is 1.54. The Bertz CT molecular complexity index is 813. The van der Waals surface area contributed by atoms with Crippen LogP contribution in [-0.2, 0) is 27.2 Å². The van der Waals surface area contributed by atoms with Crippen LogP contribution in [0.4, 0.5) is 0 Å². The van der Waals surface area contributed by atoms with Crippen molar-refractivity contribution in [3.63, 3.8) is 0 Å². The summed E-state index contributed by atoms with van der Waals surface area (Å²) in [5.74, 6) is 0. The van der Waals surface area contributed by atoms with Gasteiger partial charge in [-0.2, -0.15) is 0 Å². The van der Waals surface area contributed by atoms with Gasteiger partial charge in [0.2, 0.25) is 0 Å². The minimum Gasteiger partial charge on any atom is -0.338 e. The average Bonchev–Trinajstić information content (AvgIpc) is 2.61. The maximum Gasteiger partial charge on any atom is 0.371 e. The predicted octanol–water partition coefficient (Wildman–Crippen LogP) is 4.97. The molecular formula is C16H28N2O7P2S. The first-order valence-electron chi connectivity index (χ1n) is 9.08. The van der Waals surface area contributed by atoms with Crippen LogP contribution >= 0.6 is 27.4 Å². The first kappa shape index (κ1) is 25.2. The van der Waals surface area contributed by atoms with Crippen LogP contribution in [0.5, 0.6) is 0 Å². The maximum atomic E-state index is 13.7. The highest BCUT2D eigenvalue weighted by atomic mass is 32.1. The number of rotatable bonds is 12. The van der Waals surface area contributed by atoms with E-state index >= 15 is 0 Å². The normalized spacial score (nSPS) is 12.2. The van der Waals surface area contributed by atoms with Gasteiger partial charge in [0.15, 0.2) is 9.83 Å².